The summed E-state index contributed by atoms with van der Waals surface area (Å²) in [5, 5.41) is 72.0. The maximum absolute atomic E-state index is 14.8. The van der Waals surface area contributed by atoms with E-state index in [9.17, 15) is 92.7 Å². The number of primary amides is 1. The molecule has 2 aromatic carbocycles. The molecule has 33 nitrogen and oxygen atoms in total. The molecule has 0 aliphatic carbocycles. The second-order valence-electron chi connectivity index (χ2n) is 23.4. The number of nitrogens with two attached hydrogens (primary N) is 3. The third kappa shape index (κ3) is 25.0. The van der Waals surface area contributed by atoms with Crippen LogP contribution in [0.5, 0.6) is 5.75 Å². The number of nitrogens with one attached hydrogen (secondary N) is 9. The summed E-state index contributed by atoms with van der Waals surface area (Å²) in [6.07, 6.45) is 1.22. The molecule has 0 saturated carbocycles. The summed E-state index contributed by atoms with van der Waals surface area (Å²) in [5.74, 6) is -14.5. The van der Waals surface area contributed by atoms with Gasteiger partial charge in [0.15, 0.2) is 0 Å². The van der Waals surface area contributed by atoms with Crippen LogP contribution in [0.1, 0.15) is 102 Å². The van der Waals surface area contributed by atoms with Crippen molar-refractivity contribution in [2.45, 2.75) is 170 Å². The van der Waals surface area contributed by atoms with Gasteiger partial charge in [-0.2, -0.15) is 11.8 Å². The van der Waals surface area contributed by atoms with Crippen LogP contribution in [0, 0.1) is 5.92 Å². The summed E-state index contributed by atoms with van der Waals surface area (Å²) in [4.78, 5) is 192. The van der Waals surface area contributed by atoms with Crippen LogP contribution >= 0.6 is 11.8 Å². The molecule has 12 atom stereocenters. The molecule has 0 radical (unpaired) electrons. The number of hydrogen-bond donors (Lipinski definition) is 17. The van der Waals surface area contributed by atoms with E-state index in [0.717, 1.165) is 4.90 Å². The minimum Gasteiger partial charge on any atom is -0.508 e. The smallest absolute Gasteiger partial charge is 0.326 e. The zero-order chi connectivity index (χ0) is 71.2. The molecular weight excluding hydrogens is 1280 g/mol. The second-order valence-corrected chi connectivity index (χ2v) is 24.4. The van der Waals surface area contributed by atoms with Crippen LogP contribution in [0.15, 0.2) is 54.6 Å². The van der Waals surface area contributed by atoms with Crippen LogP contribution in [0.25, 0.3) is 0 Å². The number of benzene rings is 2. The van der Waals surface area contributed by atoms with Gasteiger partial charge in [0.05, 0.1) is 26.2 Å². The highest BCUT2D eigenvalue weighted by Gasteiger charge is 2.43. The number of thioether (sulfide) groups is 1. The van der Waals surface area contributed by atoms with Gasteiger partial charge < -0.3 is 100 Å². The molecule has 530 valence electrons. The first kappa shape index (κ1) is 79.4. The van der Waals surface area contributed by atoms with Crippen molar-refractivity contribution in [1.29, 1.82) is 0 Å². The summed E-state index contributed by atoms with van der Waals surface area (Å²) < 4.78 is 0. The van der Waals surface area contributed by atoms with E-state index in [1.165, 1.54) is 35.7 Å². The topological polar surface area (TPSA) is 533 Å². The van der Waals surface area contributed by atoms with E-state index in [-0.39, 0.29) is 76.8 Å². The van der Waals surface area contributed by atoms with Gasteiger partial charge in [-0.3, -0.25) is 62.3 Å². The van der Waals surface area contributed by atoms with Crippen molar-refractivity contribution in [2.24, 2.45) is 23.1 Å². The van der Waals surface area contributed by atoms with Crippen LogP contribution in [0.3, 0.4) is 0 Å². The van der Waals surface area contributed by atoms with Crippen LogP contribution in [0.4, 0.5) is 0 Å². The van der Waals surface area contributed by atoms with E-state index >= 15 is 0 Å². The van der Waals surface area contributed by atoms with E-state index in [4.69, 9.17) is 17.2 Å². The molecule has 2 aromatic rings. The molecule has 2 aliphatic heterocycles. The first-order valence-corrected chi connectivity index (χ1v) is 33.1. The number of phenols is 1. The molecular formula is C62H92N14O19S. The average Bonchev–Trinajstić information content (AvgIpc) is 1.44. The molecule has 2 fully saturated rings. The summed E-state index contributed by atoms with van der Waals surface area (Å²) in [5.41, 5.74) is 17.8. The lowest BCUT2D eigenvalue weighted by Crippen LogP contribution is -2.62. The number of carbonyl (C=O) groups excluding carboxylic acids is 12. The van der Waals surface area contributed by atoms with Gasteiger partial charge >= 0.3 is 11.9 Å². The zero-order valence-corrected chi connectivity index (χ0v) is 54.8. The first-order chi connectivity index (χ1) is 45.7. The number of carbonyl (C=O) groups is 14. The third-order valence-corrected chi connectivity index (χ3v) is 17.0. The summed E-state index contributed by atoms with van der Waals surface area (Å²) in [7, 11) is 0. The van der Waals surface area contributed by atoms with Crippen molar-refractivity contribution >= 4 is 94.6 Å². The number of nitrogens with zero attached hydrogens (tertiary/aromatic N) is 2. The predicted molar refractivity (Wildman–Crippen MR) is 346 cm³/mol. The second kappa shape index (κ2) is 40.4. The monoisotopic (exact) mass is 1370 g/mol. The molecule has 0 unspecified atom stereocenters. The Kier molecular flexibility index (Phi) is 33.4. The molecule has 12 amide bonds. The Morgan fingerprint density at radius 2 is 1.03 bits per heavy atom. The number of amides is 12. The SMILES string of the molecule is CC[C@H](C)[C@H](NC(=O)[C@H](CO)NC(=O)[C@@H]1CCCN1C(=O)[C@H](Cc1ccccc1)NC(=O)[C@H](CC(N)=O)NC(=O)[C@@H]1CCCN1C(=O)[C@H](Cc1ccc(O)cc1)NC(=O)CN)C(=O)N[C@@H](CO)C(=O)N[C@@H](CCC(=O)O)C(=O)N[C@@H](CCSC)C(=O)N[C@@H](CCCCN)C(=O)O. The quantitative estimate of drug-likeness (QED) is 0.0278. The maximum atomic E-state index is 14.8. The van der Waals surface area contributed by atoms with Crippen LogP contribution in [0.2, 0.25) is 0 Å². The van der Waals surface area contributed by atoms with Crippen LogP contribution in [-0.4, -0.2) is 236 Å². The molecule has 0 spiro atoms. The van der Waals surface area contributed by atoms with Gasteiger partial charge in [-0.25, -0.2) is 4.79 Å². The Labute approximate surface area is 559 Å². The highest BCUT2D eigenvalue weighted by Crippen LogP contribution is 2.23. The number of aromatic hydroxyl groups is 1. The van der Waals surface area contributed by atoms with Crippen LogP contribution in [-0.2, 0) is 80.0 Å². The fourth-order valence-electron chi connectivity index (χ4n) is 10.8. The van der Waals surface area contributed by atoms with Gasteiger partial charge in [-0.15, -0.1) is 0 Å². The van der Waals surface area contributed by atoms with Crippen molar-refractivity contribution < 1.29 is 92.7 Å². The molecule has 20 N–H and O–H groups in total. The van der Waals surface area contributed by atoms with E-state index < -0.39 is 194 Å². The van der Waals surface area contributed by atoms with Gasteiger partial charge in [-0.1, -0.05) is 62.7 Å². The Balaban J connectivity index is 1.50. The lowest BCUT2D eigenvalue weighted by Gasteiger charge is -2.32. The molecule has 0 aromatic heterocycles. The number of unbranched alkanes of at least 4 members (excludes halogenated alkanes) is 1. The van der Waals surface area contributed by atoms with E-state index in [1.54, 1.807) is 55.6 Å². The summed E-state index contributed by atoms with van der Waals surface area (Å²) >= 11 is 1.30. The predicted octanol–water partition coefficient (Wildman–Crippen LogP) is -4.78. The molecule has 4 rings (SSSR count). The molecule has 96 heavy (non-hydrogen) atoms. The summed E-state index contributed by atoms with van der Waals surface area (Å²) in [6.45, 7) is 0.866. The highest BCUT2D eigenvalue weighted by atomic mass is 32.2. The van der Waals surface area contributed by atoms with Gasteiger partial charge in [0.1, 0.15) is 72.2 Å². The number of carboxylic acids is 2. The minimum atomic E-state index is -1.86. The fraction of sp³-hybridized carbons (Fsp3) is 0.581. The lowest BCUT2D eigenvalue weighted by atomic mass is 9.97. The standard InChI is InChI=1S/C62H92N14O19S/c1-4-34(2)51(59(91)73-44(32-77)55(87)67-38(21-22-50(82)83)52(84)68-39(23-27-96-3)53(85)69-40(62(94)95)14-8-9-24-63)74-56(88)45(33-78)72-58(90)47-16-11-26-76(47)61(93)43(28-35-12-6-5-7-13-35)71-54(86)41(30-48(65)80)70-57(89)46-15-10-25-75(46)60(92)42(66-49(81)31-64)29-36-17-19-37(79)20-18-36/h5-7,12-13,17-20,34,38-47,51,77-79H,4,8-11,14-16,21-33,63-64H2,1-3H3,(H2,65,80)(H,66,81)(H,67,87)(H,68,84)(H,69,85)(H,70,89)(H,71,86)(H,72,90)(H,73,91)(H,74,88)(H,82,83)(H,94,95)/t34-,38-,39-,40-,41-,42-,43-,44-,45-,46-,47-,51-/m0/s1. The van der Waals surface area contributed by atoms with E-state index in [2.05, 4.69) is 47.9 Å². The number of likely N-dealkylation sites (tertiary alicyclic amines) is 2. The largest absolute Gasteiger partial charge is 0.508 e. The van der Waals surface area contributed by atoms with Crippen molar-refractivity contribution in [3.05, 3.63) is 65.7 Å². The molecule has 2 heterocycles. The molecule has 2 saturated heterocycles. The van der Waals surface area contributed by atoms with Crippen LogP contribution < -0.4 is 65.1 Å². The molecule has 34 heteroatoms. The lowest BCUT2D eigenvalue weighted by molar-refractivity contribution is -0.143. The zero-order valence-electron chi connectivity index (χ0n) is 54.0. The Morgan fingerprint density at radius 3 is 1.53 bits per heavy atom. The Bertz CT molecular complexity index is 3020. The van der Waals surface area contributed by atoms with Gasteiger partial charge in [0.25, 0.3) is 0 Å². The highest BCUT2D eigenvalue weighted by molar-refractivity contribution is 7.98. The minimum absolute atomic E-state index is 0.0145. The number of aliphatic hydroxyl groups excluding tert-OH is 2. The molecule has 0 bridgehead atoms. The Morgan fingerprint density at radius 1 is 0.562 bits per heavy atom. The van der Waals surface area contributed by atoms with Gasteiger partial charge in [0.2, 0.25) is 70.9 Å². The number of carboxylic acid groups (broad SMARTS) is 2. The third-order valence-electron chi connectivity index (χ3n) is 16.3. The van der Waals surface area contributed by atoms with E-state index in [0.29, 0.717) is 36.1 Å². The fourth-order valence-corrected chi connectivity index (χ4v) is 11.3. The van der Waals surface area contributed by atoms with E-state index in [1.807, 2.05) is 0 Å². The number of phenolic OH excluding ortho intramolecular Hbond substituents is 1. The molecule has 2 aliphatic rings. The number of rotatable bonds is 41. The number of aliphatic carboxylic acids is 2. The normalized spacial score (nSPS) is 17.4. The van der Waals surface area contributed by atoms with Crippen molar-refractivity contribution in [2.75, 3.05) is 51.4 Å². The number of aliphatic hydroxyl groups is 2. The van der Waals surface area contributed by atoms with Crippen molar-refractivity contribution in [3.63, 3.8) is 0 Å². The first-order valence-electron chi connectivity index (χ1n) is 31.7. The van der Waals surface area contributed by atoms with Crippen molar-refractivity contribution in [3.8, 4) is 5.75 Å². The number of hydrogen-bond acceptors (Lipinski definition) is 20. The van der Waals surface area contributed by atoms with Crippen molar-refractivity contribution in [1.82, 2.24) is 57.7 Å². The van der Waals surface area contributed by atoms with Gasteiger partial charge in [0, 0.05) is 32.4 Å². The summed E-state index contributed by atoms with van der Waals surface area (Å²) in [6, 6.07) is -2.27. The Hall–Kier alpha value is -8.99. The van der Waals surface area contributed by atoms with Gasteiger partial charge in [-0.05, 0) is 106 Å². The maximum Gasteiger partial charge on any atom is 0.326 e. The average molecular weight is 1370 g/mol.